The van der Waals surface area contributed by atoms with Gasteiger partial charge in [-0.25, -0.2) is 0 Å². The highest BCUT2D eigenvalue weighted by atomic mass is 35.5. The first-order valence-electron chi connectivity index (χ1n) is 6.03. The van der Waals surface area contributed by atoms with Gasteiger partial charge in [0.1, 0.15) is 0 Å². The molecule has 0 bridgehead atoms. The summed E-state index contributed by atoms with van der Waals surface area (Å²) in [6.45, 7) is 8.16. The number of hydrogen-bond acceptors (Lipinski definition) is 3. The molecule has 0 aromatic rings. The topological polar surface area (TPSA) is 9.72 Å². The Morgan fingerprint density at radius 2 is 1.69 bits per heavy atom. The van der Waals surface area contributed by atoms with Gasteiger partial charge in [0, 0.05) is 51.7 Å². The number of likely N-dealkylation sites (N-methyl/N-ethyl adjacent to an activating group) is 1. The lowest BCUT2D eigenvalue weighted by Gasteiger charge is -2.34. The fourth-order valence-corrected chi connectivity index (χ4v) is 1.95. The van der Waals surface area contributed by atoms with Crippen molar-refractivity contribution >= 4 is 11.6 Å². The normalized spacial score (nSPS) is 20.0. The van der Waals surface area contributed by atoms with Gasteiger partial charge < -0.3 is 4.90 Å². The van der Waals surface area contributed by atoms with Crippen molar-refractivity contribution in [2.45, 2.75) is 0 Å². The van der Waals surface area contributed by atoms with Gasteiger partial charge in [-0.1, -0.05) is 12.2 Å². The van der Waals surface area contributed by atoms with Crippen LogP contribution in [0.4, 0.5) is 0 Å². The average molecular weight is 246 g/mol. The van der Waals surface area contributed by atoms with Gasteiger partial charge in [-0.3, -0.25) is 9.80 Å². The van der Waals surface area contributed by atoms with E-state index >= 15 is 0 Å². The molecular weight excluding hydrogens is 222 g/mol. The third-order valence-corrected chi connectivity index (χ3v) is 3.13. The molecule has 0 N–H and O–H groups in total. The van der Waals surface area contributed by atoms with Crippen LogP contribution in [0, 0.1) is 0 Å². The van der Waals surface area contributed by atoms with Gasteiger partial charge in [0.25, 0.3) is 0 Å². The quantitative estimate of drug-likeness (QED) is 0.510. The molecule has 4 heteroatoms. The third kappa shape index (κ3) is 5.85. The Kier molecular flexibility index (Phi) is 7.05. The summed E-state index contributed by atoms with van der Waals surface area (Å²) in [5.74, 6) is 0.628. The van der Waals surface area contributed by atoms with E-state index in [2.05, 4.69) is 34.9 Å². The monoisotopic (exact) mass is 245 g/mol. The molecule has 0 aliphatic carbocycles. The molecule has 1 rings (SSSR count). The molecule has 0 aromatic carbocycles. The summed E-state index contributed by atoms with van der Waals surface area (Å²) in [7, 11) is 4.26. The fraction of sp³-hybridized carbons (Fsp3) is 0.833. The molecule has 0 saturated carbocycles. The van der Waals surface area contributed by atoms with Crippen molar-refractivity contribution in [1.29, 1.82) is 0 Å². The van der Waals surface area contributed by atoms with Crippen LogP contribution in [-0.2, 0) is 0 Å². The van der Waals surface area contributed by atoms with Crippen LogP contribution >= 0.6 is 11.6 Å². The maximum absolute atomic E-state index is 5.60. The predicted octanol–water partition coefficient (Wildman–Crippen LogP) is 0.961. The van der Waals surface area contributed by atoms with E-state index in [1.54, 1.807) is 0 Å². The van der Waals surface area contributed by atoms with Crippen molar-refractivity contribution in [2.24, 2.45) is 0 Å². The summed E-state index contributed by atoms with van der Waals surface area (Å²) in [6, 6.07) is 0. The van der Waals surface area contributed by atoms with Crippen molar-refractivity contribution < 1.29 is 0 Å². The summed E-state index contributed by atoms with van der Waals surface area (Å²) in [4.78, 5) is 7.27. The van der Waals surface area contributed by atoms with Gasteiger partial charge in [0.2, 0.25) is 0 Å². The van der Waals surface area contributed by atoms with Gasteiger partial charge in [0.15, 0.2) is 0 Å². The summed E-state index contributed by atoms with van der Waals surface area (Å²) in [5.41, 5.74) is 0. The van der Waals surface area contributed by atoms with E-state index in [4.69, 9.17) is 11.6 Å². The first-order chi connectivity index (χ1) is 7.72. The van der Waals surface area contributed by atoms with Crippen LogP contribution < -0.4 is 0 Å². The molecule has 0 unspecified atom stereocenters. The van der Waals surface area contributed by atoms with Gasteiger partial charge in [-0.15, -0.1) is 11.6 Å². The molecule has 3 nitrogen and oxygen atoms in total. The number of rotatable bonds is 6. The standard InChI is InChI=1S/C12H24ClN3/c1-14(2)7-8-16-11-9-15(10-12-16)6-4-3-5-13/h3-4H,5-12H2,1-2H3. The van der Waals surface area contributed by atoms with Crippen molar-refractivity contribution in [2.75, 3.05) is 65.8 Å². The first-order valence-corrected chi connectivity index (χ1v) is 6.56. The Labute approximate surface area is 105 Å². The number of nitrogens with zero attached hydrogens (tertiary/aromatic N) is 3. The first kappa shape index (κ1) is 14.0. The minimum Gasteiger partial charge on any atom is -0.308 e. The molecule has 1 aliphatic rings. The van der Waals surface area contributed by atoms with Crippen LogP contribution in [0.1, 0.15) is 0 Å². The zero-order chi connectivity index (χ0) is 11.8. The molecule has 16 heavy (non-hydrogen) atoms. The summed E-state index contributed by atoms with van der Waals surface area (Å²) in [6.07, 6.45) is 4.20. The van der Waals surface area contributed by atoms with Gasteiger partial charge in [-0.2, -0.15) is 0 Å². The summed E-state index contributed by atoms with van der Waals surface area (Å²) >= 11 is 5.60. The van der Waals surface area contributed by atoms with Crippen LogP contribution in [0.25, 0.3) is 0 Å². The molecule has 1 saturated heterocycles. The Hall–Kier alpha value is -0.0900. The minimum atomic E-state index is 0.628. The highest BCUT2D eigenvalue weighted by Crippen LogP contribution is 2.01. The van der Waals surface area contributed by atoms with E-state index in [0.717, 1.165) is 13.1 Å². The second-order valence-corrected chi connectivity index (χ2v) is 4.88. The zero-order valence-corrected chi connectivity index (χ0v) is 11.3. The fourth-order valence-electron chi connectivity index (χ4n) is 1.82. The Morgan fingerprint density at radius 1 is 1.06 bits per heavy atom. The molecule has 0 radical (unpaired) electrons. The molecule has 0 atom stereocenters. The van der Waals surface area contributed by atoms with Crippen molar-refractivity contribution in [1.82, 2.24) is 14.7 Å². The van der Waals surface area contributed by atoms with E-state index < -0.39 is 0 Å². The third-order valence-electron chi connectivity index (χ3n) is 2.95. The number of piperazine rings is 1. The molecule has 0 aromatic heterocycles. The molecule has 94 valence electrons. The van der Waals surface area contributed by atoms with E-state index in [1.165, 1.54) is 32.7 Å². The highest BCUT2D eigenvalue weighted by molar-refractivity contribution is 6.18. The molecule has 1 heterocycles. The molecule has 0 spiro atoms. The smallest absolute Gasteiger partial charge is 0.0404 e. The average Bonchev–Trinajstić information content (AvgIpc) is 2.28. The van der Waals surface area contributed by atoms with Crippen LogP contribution in [0.15, 0.2) is 12.2 Å². The molecule has 1 fully saturated rings. The Morgan fingerprint density at radius 3 is 2.25 bits per heavy atom. The molecular formula is C12H24ClN3. The Bertz CT molecular complexity index is 198. The second kappa shape index (κ2) is 8.07. The van der Waals surface area contributed by atoms with Crippen LogP contribution in [0.5, 0.6) is 0 Å². The molecule has 0 amide bonds. The summed E-state index contributed by atoms with van der Waals surface area (Å²) < 4.78 is 0. The zero-order valence-electron chi connectivity index (χ0n) is 10.5. The predicted molar refractivity (Wildman–Crippen MR) is 71.3 cm³/mol. The molecule has 1 aliphatic heterocycles. The number of allylic oxidation sites excluding steroid dienone is 1. The number of hydrogen-bond donors (Lipinski definition) is 0. The Balaban J connectivity index is 2.11. The van der Waals surface area contributed by atoms with Crippen molar-refractivity contribution in [3.63, 3.8) is 0 Å². The summed E-state index contributed by atoms with van der Waals surface area (Å²) in [5, 5.41) is 0. The number of halogens is 1. The maximum Gasteiger partial charge on any atom is 0.0404 e. The van der Waals surface area contributed by atoms with Gasteiger partial charge in [0.05, 0.1) is 0 Å². The lowest BCUT2D eigenvalue weighted by molar-refractivity contribution is 0.134. The van der Waals surface area contributed by atoms with E-state index in [9.17, 15) is 0 Å². The van der Waals surface area contributed by atoms with Crippen LogP contribution in [-0.4, -0.2) is 80.5 Å². The van der Waals surface area contributed by atoms with E-state index in [-0.39, 0.29) is 0 Å². The lowest BCUT2D eigenvalue weighted by atomic mass is 10.3. The lowest BCUT2D eigenvalue weighted by Crippen LogP contribution is -2.47. The second-order valence-electron chi connectivity index (χ2n) is 4.57. The van der Waals surface area contributed by atoms with Crippen molar-refractivity contribution in [3.05, 3.63) is 12.2 Å². The van der Waals surface area contributed by atoms with E-state index in [1.807, 2.05) is 6.08 Å². The number of alkyl halides is 1. The highest BCUT2D eigenvalue weighted by Gasteiger charge is 2.15. The van der Waals surface area contributed by atoms with Gasteiger partial charge >= 0.3 is 0 Å². The van der Waals surface area contributed by atoms with Gasteiger partial charge in [-0.05, 0) is 14.1 Å². The van der Waals surface area contributed by atoms with E-state index in [0.29, 0.717) is 5.88 Å². The minimum absolute atomic E-state index is 0.628. The largest absolute Gasteiger partial charge is 0.308 e. The van der Waals surface area contributed by atoms with Crippen LogP contribution in [0.3, 0.4) is 0 Å². The van der Waals surface area contributed by atoms with Crippen molar-refractivity contribution in [3.8, 4) is 0 Å². The van der Waals surface area contributed by atoms with Crippen LogP contribution in [0.2, 0.25) is 0 Å². The SMILES string of the molecule is CN(C)CCN1CCN(CC=CCCl)CC1. The maximum atomic E-state index is 5.60.